The summed E-state index contributed by atoms with van der Waals surface area (Å²) in [7, 11) is 1.80. The molecule has 2 aromatic heterocycles. The van der Waals surface area contributed by atoms with E-state index < -0.39 is 0 Å². The van der Waals surface area contributed by atoms with Gasteiger partial charge in [0.2, 0.25) is 0 Å². The summed E-state index contributed by atoms with van der Waals surface area (Å²) < 4.78 is 14.9. The largest absolute Gasteiger partial charge is 0.349 e. The number of pyridine rings is 1. The van der Waals surface area contributed by atoms with Gasteiger partial charge in [-0.3, -0.25) is 9.48 Å². The molecule has 134 valence electrons. The van der Waals surface area contributed by atoms with Crippen LogP contribution < -0.4 is 5.32 Å². The molecule has 3 aromatic rings. The normalized spacial score (nSPS) is 15.3. The van der Waals surface area contributed by atoms with Gasteiger partial charge in [-0.1, -0.05) is 19.3 Å². The maximum absolute atomic E-state index is 13.2. The lowest BCUT2D eigenvalue weighted by Crippen LogP contribution is -2.36. The highest BCUT2D eigenvalue weighted by Gasteiger charge is 2.20. The van der Waals surface area contributed by atoms with Crippen LogP contribution in [0.25, 0.3) is 22.3 Å². The van der Waals surface area contributed by atoms with Crippen LogP contribution in [0.3, 0.4) is 0 Å². The third-order valence-electron chi connectivity index (χ3n) is 5.03. The average molecular weight is 352 g/mol. The molecule has 1 aromatic carbocycles. The van der Waals surface area contributed by atoms with E-state index in [1.807, 2.05) is 0 Å². The van der Waals surface area contributed by atoms with E-state index in [-0.39, 0.29) is 17.8 Å². The van der Waals surface area contributed by atoms with E-state index in [9.17, 15) is 9.18 Å². The van der Waals surface area contributed by atoms with E-state index in [4.69, 9.17) is 0 Å². The minimum Gasteiger partial charge on any atom is -0.349 e. The van der Waals surface area contributed by atoms with Gasteiger partial charge in [0, 0.05) is 18.7 Å². The van der Waals surface area contributed by atoms with Crippen LogP contribution in [0.1, 0.15) is 42.5 Å². The third-order valence-corrected chi connectivity index (χ3v) is 5.03. The van der Waals surface area contributed by atoms with Gasteiger partial charge in [0.1, 0.15) is 5.82 Å². The number of hydrogen-bond acceptors (Lipinski definition) is 3. The number of benzene rings is 1. The number of nitrogens with zero attached hydrogens (tertiary/aromatic N) is 3. The molecule has 0 saturated heterocycles. The Morgan fingerprint density at radius 1 is 1.19 bits per heavy atom. The second kappa shape index (κ2) is 6.86. The highest BCUT2D eigenvalue weighted by atomic mass is 19.1. The van der Waals surface area contributed by atoms with Crippen molar-refractivity contribution in [2.45, 2.75) is 38.1 Å². The number of aromatic nitrogens is 3. The molecule has 1 aliphatic carbocycles. The number of halogens is 1. The van der Waals surface area contributed by atoms with Crippen molar-refractivity contribution in [2.24, 2.45) is 7.05 Å². The fourth-order valence-corrected chi connectivity index (χ4v) is 3.58. The zero-order valence-corrected chi connectivity index (χ0v) is 14.7. The van der Waals surface area contributed by atoms with Gasteiger partial charge >= 0.3 is 0 Å². The Morgan fingerprint density at radius 2 is 1.92 bits per heavy atom. The molecule has 1 N–H and O–H groups in total. The van der Waals surface area contributed by atoms with Crippen LogP contribution in [0.5, 0.6) is 0 Å². The number of amides is 1. The van der Waals surface area contributed by atoms with E-state index >= 15 is 0 Å². The van der Waals surface area contributed by atoms with Gasteiger partial charge in [-0.05, 0) is 43.2 Å². The summed E-state index contributed by atoms with van der Waals surface area (Å²) in [6, 6.07) is 8.13. The van der Waals surface area contributed by atoms with Crippen molar-refractivity contribution in [3.8, 4) is 11.3 Å². The van der Waals surface area contributed by atoms with Crippen molar-refractivity contribution < 1.29 is 9.18 Å². The molecule has 0 unspecified atom stereocenters. The number of carbonyl (C=O) groups excluding carboxylic acids is 1. The van der Waals surface area contributed by atoms with Crippen molar-refractivity contribution in [2.75, 3.05) is 0 Å². The molecule has 1 fully saturated rings. The van der Waals surface area contributed by atoms with Crippen LogP contribution in [0, 0.1) is 5.82 Å². The summed E-state index contributed by atoms with van der Waals surface area (Å²) in [5, 5.41) is 8.14. The van der Waals surface area contributed by atoms with E-state index in [2.05, 4.69) is 15.4 Å². The average Bonchev–Trinajstić information content (AvgIpc) is 3.03. The van der Waals surface area contributed by atoms with E-state index in [1.165, 1.54) is 18.6 Å². The number of aryl methyl sites for hydroxylation is 1. The lowest BCUT2D eigenvalue weighted by atomic mass is 9.95. The quantitative estimate of drug-likeness (QED) is 0.779. The standard InChI is InChI=1S/C20H21FN4O/c1-25-19-17(12-22-25)16(20(26)23-15-5-3-2-4-6-15)11-18(24-19)13-7-9-14(21)10-8-13/h7-12,15H,2-6H2,1H3,(H,23,26). The highest BCUT2D eigenvalue weighted by Crippen LogP contribution is 2.25. The van der Waals surface area contributed by atoms with E-state index in [1.54, 1.807) is 36.1 Å². The summed E-state index contributed by atoms with van der Waals surface area (Å²) in [6.45, 7) is 0. The molecule has 1 aliphatic rings. The predicted molar refractivity (Wildman–Crippen MR) is 98.2 cm³/mol. The molecule has 2 heterocycles. The minimum atomic E-state index is -0.300. The van der Waals surface area contributed by atoms with Gasteiger partial charge in [0.25, 0.3) is 5.91 Å². The Balaban J connectivity index is 1.74. The van der Waals surface area contributed by atoms with Gasteiger partial charge in [-0.2, -0.15) is 5.10 Å². The Bertz CT molecular complexity index is 942. The van der Waals surface area contributed by atoms with Crippen LogP contribution in [0.15, 0.2) is 36.5 Å². The molecule has 0 aliphatic heterocycles. The Labute approximate surface area is 151 Å². The molecule has 1 saturated carbocycles. The van der Waals surface area contributed by atoms with E-state index in [0.29, 0.717) is 16.9 Å². The molecule has 1 amide bonds. The van der Waals surface area contributed by atoms with Crippen LogP contribution in [-0.2, 0) is 7.05 Å². The maximum atomic E-state index is 13.2. The zero-order valence-electron chi connectivity index (χ0n) is 14.7. The second-order valence-electron chi connectivity index (χ2n) is 6.88. The number of nitrogens with one attached hydrogen (secondary N) is 1. The van der Waals surface area contributed by atoms with Gasteiger partial charge in [0.05, 0.1) is 22.8 Å². The van der Waals surface area contributed by atoms with Crippen LogP contribution in [-0.4, -0.2) is 26.7 Å². The van der Waals surface area contributed by atoms with Crippen molar-refractivity contribution >= 4 is 16.9 Å². The van der Waals surface area contributed by atoms with Gasteiger partial charge in [-0.15, -0.1) is 0 Å². The smallest absolute Gasteiger partial charge is 0.252 e. The van der Waals surface area contributed by atoms with Crippen LogP contribution in [0.4, 0.5) is 4.39 Å². The number of carbonyl (C=O) groups is 1. The Morgan fingerprint density at radius 3 is 2.65 bits per heavy atom. The summed E-state index contributed by atoms with van der Waals surface area (Å²) in [5.74, 6) is -0.397. The molecule has 0 bridgehead atoms. The van der Waals surface area contributed by atoms with Crippen LogP contribution >= 0.6 is 0 Å². The zero-order chi connectivity index (χ0) is 18.1. The van der Waals surface area contributed by atoms with Gasteiger partial charge in [-0.25, -0.2) is 9.37 Å². The number of hydrogen-bond donors (Lipinski definition) is 1. The maximum Gasteiger partial charge on any atom is 0.252 e. The molecular formula is C20H21FN4O. The molecule has 0 spiro atoms. The van der Waals surface area contributed by atoms with Crippen LogP contribution in [0.2, 0.25) is 0 Å². The number of fused-ring (bicyclic) bond motifs is 1. The molecule has 0 atom stereocenters. The first-order chi connectivity index (χ1) is 12.6. The molecule has 6 heteroatoms. The number of rotatable bonds is 3. The molecule has 0 radical (unpaired) electrons. The molecule has 26 heavy (non-hydrogen) atoms. The topological polar surface area (TPSA) is 59.8 Å². The molecular weight excluding hydrogens is 331 g/mol. The van der Waals surface area contributed by atoms with E-state index in [0.717, 1.165) is 36.6 Å². The fraction of sp³-hybridized carbons (Fsp3) is 0.350. The highest BCUT2D eigenvalue weighted by molar-refractivity contribution is 6.06. The third kappa shape index (κ3) is 3.19. The summed E-state index contributed by atoms with van der Waals surface area (Å²) >= 11 is 0. The minimum absolute atomic E-state index is 0.0966. The van der Waals surface area contributed by atoms with Gasteiger partial charge in [0.15, 0.2) is 5.65 Å². The second-order valence-corrected chi connectivity index (χ2v) is 6.88. The fourth-order valence-electron chi connectivity index (χ4n) is 3.58. The summed E-state index contributed by atoms with van der Waals surface area (Å²) in [4.78, 5) is 17.6. The first-order valence-electron chi connectivity index (χ1n) is 9.01. The predicted octanol–water partition coefficient (Wildman–Crippen LogP) is 3.84. The summed E-state index contributed by atoms with van der Waals surface area (Å²) in [6.07, 6.45) is 7.28. The van der Waals surface area contributed by atoms with Crippen molar-refractivity contribution in [1.29, 1.82) is 0 Å². The lowest BCUT2D eigenvalue weighted by molar-refractivity contribution is 0.0929. The Kier molecular flexibility index (Phi) is 4.41. The molecule has 5 nitrogen and oxygen atoms in total. The SMILES string of the molecule is Cn1ncc2c(C(=O)NC3CCCCC3)cc(-c3ccc(F)cc3)nc21. The first-order valence-corrected chi connectivity index (χ1v) is 9.01. The van der Waals surface area contributed by atoms with Crippen molar-refractivity contribution in [1.82, 2.24) is 20.1 Å². The Hall–Kier alpha value is -2.76. The first kappa shape index (κ1) is 16.7. The molecule has 4 rings (SSSR count). The van der Waals surface area contributed by atoms with Crippen molar-refractivity contribution in [3.05, 3.63) is 47.9 Å². The summed E-state index contributed by atoms with van der Waals surface area (Å²) in [5.41, 5.74) is 2.60. The lowest BCUT2D eigenvalue weighted by Gasteiger charge is -2.23. The van der Waals surface area contributed by atoms with Gasteiger partial charge < -0.3 is 5.32 Å². The monoisotopic (exact) mass is 352 g/mol. The van der Waals surface area contributed by atoms with Crippen molar-refractivity contribution in [3.63, 3.8) is 0 Å².